The van der Waals surface area contributed by atoms with E-state index in [9.17, 15) is 19.2 Å². The normalized spacial score (nSPS) is 24.2. The molecule has 2 aromatic rings. The lowest BCUT2D eigenvalue weighted by atomic mass is 9.85. The van der Waals surface area contributed by atoms with E-state index in [0.717, 1.165) is 31.2 Å². The van der Waals surface area contributed by atoms with E-state index in [1.807, 2.05) is 6.07 Å². The fourth-order valence-corrected chi connectivity index (χ4v) is 5.67. The Balaban J connectivity index is 1.64. The van der Waals surface area contributed by atoms with Crippen molar-refractivity contribution in [3.63, 3.8) is 0 Å². The highest BCUT2D eigenvalue weighted by Gasteiger charge is 2.29. The number of primary amides is 1. The Morgan fingerprint density at radius 3 is 2.89 bits per heavy atom. The van der Waals surface area contributed by atoms with Gasteiger partial charge in [0, 0.05) is 17.6 Å². The highest BCUT2D eigenvalue weighted by Crippen LogP contribution is 2.55. The molecule has 28 heavy (non-hydrogen) atoms. The molecular formula is C19H23N5O3S. The van der Waals surface area contributed by atoms with Crippen molar-refractivity contribution in [1.29, 1.82) is 5.26 Å². The van der Waals surface area contributed by atoms with Gasteiger partial charge in [-0.1, -0.05) is 12.8 Å². The van der Waals surface area contributed by atoms with Gasteiger partial charge < -0.3 is 11.1 Å². The van der Waals surface area contributed by atoms with Crippen LogP contribution < -0.4 is 11.1 Å². The quantitative estimate of drug-likeness (QED) is 0.617. The number of nitrogens with two attached hydrogens (primary N) is 1. The van der Waals surface area contributed by atoms with Gasteiger partial charge in [0.05, 0.1) is 22.9 Å². The molecule has 1 saturated carbocycles. The first kappa shape index (κ1) is 18.8. The fraction of sp³-hybridized carbons (Fsp3) is 0.421. The molecule has 9 heteroatoms. The molecule has 1 aliphatic heterocycles. The van der Waals surface area contributed by atoms with Crippen molar-refractivity contribution in [3.8, 4) is 6.07 Å². The van der Waals surface area contributed by atoms with Gasteiger partial charge in [-0.3, -0.25) is 18.6 Å². The Hall–Kier alpha value is -2.54. The van der Waals surface area contributed by atoms with Gasteiger partial charge in [0.2, 0.25) is 0 Å². The lowest BCUT2D eigenvalue weighted by Crippen LogP contribution is -2.22. The summed E-state index contributed by atoms with van der Waals surface area (Å²) in [6, 6.07) is 7.57. The van der Waals surface area contributed by atoms with Crippen molar-refractivity contribution in [3.05, 3.63) is 35.5 Å². The molecule has 148 valence electrons. The first-order chi connectivity index (χ1) is 13.4. The number of rotatable bonds is 4. The molecule has 4 rings (SSSR count). The van der Waals surface area contributed by atoms with E-state index in [1.165, 1.54) is 0 Å². The van der Waals surface area contributed by atoms with Crippen LogP contribution in [-0.4, -0.2) is 30.5 Å². The lowest BCUT2D eigenvalue weighted by molar-refractivity contribution is 0.100. The summed E-state index contributed by atoms with van der Waals surface area (Å²) in [6.07, 6.45) is 5.93. The molecule has 2 heterocycles. The summed E-state index contributed by atoms with van der Waals surface area (Å²) >= 11 is 0. The molecule has 0 saturated heterocycles. The molecule has 2 atom stereocenters. The van der Waals surface area contributed by atoms with Crippen LogP contribution in [0.25, 0.3) is 0 Å². The Kier molecular flexibility index (Phi) is 4.79. The average molecular weight is 401 g/mol. The molecule has 1 aliphatic carbocycles. The van der Waals surface area contributed by atoms with E-state index in [2.05, 4.69) is 16.5 Å². The number of nitrogens with one attached hydrogen (secondary N) is 1. The molecule has 2 unspecified atom stereocenters. The zero-order valence-electron chi connectivity index (χ0n) is 15.3. The van der Waals surface area contributed by atoms with Crippen LogP contribution in [0, 0.1) is 17.2 Å². The summed E-state index contributed by atoms with van der Waals surface area (Å²) in [5.41, 5.74) is 7.39. The largest absolute Gasteiger partial charge is 0.365 e. The first-order valence-corrected chi connectivity index (χ1v) is 11.0. The summed E-state index contributed by atoms with van der Waals surface area (Å²) in [6.45, 7) is 0. The molecule has 0 radical (unpaired) electrons. The van der Waals surface area contributed by atoms with E-state index in [-0.39, 0.29) is 17.5 Å². The summed E-state index contributed by atoms with van der Waals surface area (Å²) in [5, 5.41) is 17.1. The lowest BCUT2D eigenvalue weighted by Gasteiger charge is -2.27. The molecule has 1 aromatic carbocycles. The first-order valence-electron chi connectivity index (χ1n) is 9.33. The number of nitriles is 1. The summed E-state index contributed by atoms with van der Waals surface area (Å²) in [5.74, 6) is -0.0374. The molecule has 8 nitrogen and oxygen atoms in total. The predicted octanol–water partition coefficient (Wildman–Crippen LogP) is 3.65. The minimum atomic E-state index is -2.69. The number of nitrogens with zero attached hydrogens (tertiary/aromatic N) is 3. The van der Waals surface area contributed by atoms with Crippen LogP contribution in [0.1, 0.15) is 47.6 Å². The highest BCUT2D eigenvalue weighted by molar-refractivity contribution is 8.24. The Morgan fingerprint density at radius 1 is 1.36 bits per heavy atom. The molecule has 1 aromatic heterocycles. The van der Waals surface area contributed by atoms with Crippen molar-refractivity contribution in [2.75, 3.05) is 11.1 Å². The SMILES string of the molecule is N#CC1CCCCC1n1cc(C(N)=O)c(Nc2ccc3c(c2)CCS3(O)O)n1. The van der Waals surface area contributed by atoms with Gasteiger partial charge in [-0.25, -0.2) is 0 Å². The van der Waals surface area contributed by atoms with Gasteiger partial charge in [-0.05, 0) is 43.0 Å². The molecule has 5 N–H and O–H groups in total. The second kappa shape index (κ2) is 7.13. The number of carbonyl (C=O) groups excluding carboxylic acids is 1. The smallest absolute Gasteiger partial charge is 0.254 e. The minimum absolute atomic E-state index is 0.0691. The van der Waals surface area contributed by atoms with Gasteiger partial charge in [0.25, 0.3) is 5.91 Å². The van der Waals surface area contributed by atoms with Crippen LogP contribution in [0.2, 0.25) is 0 Å². The van der Waals surface area contributed by atoms with Crippen LogP contribution in [0.15, 0.2) is 29.3 Å². The number of hydrogen-bond donors (Lipinski definition) is 4. The van der Waals surface area contributed by atoms with Crippen LogP contribution in [0.3, 0.4) is 0 Å². The predicted molar refractivity (Wildman–Crippen MR) is 107 cm³/mol. The number of aromatic nitrogens is 2. The van der Waals surface area contributed by atoms with E-state index >= 15 is 0 Å². The van der Waals surface area contributed by atoms with E-state index < -0.39 is 16.5 Å². The Morgan fingerprint density at radius 2 is 2.14 bits per heavy atom. The molecule has 0 spiro atoms. The van der Waals surface area contributed by atoms with Gasteiger partial charge in [0.15, 0.2) is 5.82 Å². The van der Waals surface area contributed by atoms with Crippen molar-refractivity contribution >= 4 is 28.0 Å². The zero-order chi connectivity index (χ0) is 19.9. The molecular weight excluding hydrogens is 378 g/mol. The highest BCUT2D eigenvalue weighted by atomic mass is 32.3. The van der Waals surface area contributed by atoms with Gasteiger partial charge in [-0.15, -0.1) is 0 Å². The van der Waals surface area contributed by atoms with Gasteiger partial charge >= 0.3 is 0 Å². The van der Waals surface area contributed by atoms with Gasteiger partial charge in [-0.2, -0.15) is 21.0 Å². The third kappa shape index (κ3) is 3.35. The van der Waals surface area contributed by atoms with Crippen molar-refractivity contribution in [1.82, 2.24) is 9.78 Å². The molecule has 0 bridgehead atoms. The third-order valence-electron chi connectivity index (χ3n) is 5.56. The number of carbonyl (C=O) groups is 1. The minimum Gasteiger partial charge on any atom is -0.365 e. The van der Waals surface area contributed by atoms with Crippen LogP contribution >= 0.6 is 10.6 Å². The number of fused-ring (bicyclic) bond motifs is 1. The summed E-state index contributed by atoms with van der Waals surface area (Å²) in [7, 11) is -2.69. The number of amides is 1. The maximum atomic E-state index is 11.9. The maximum absolute atomic E-state index is 11.9. The number of benzene rings is 1. The maximum Gasteiger partial charge on any atom is 0.254 e. The fourth-order valence-electron chi connectivity index (χ4n) is 4.08. The van der Waals surface area contributed by atoms with Gasteiger partial charge in [0.1, 0.15) is 5.56 Å². The monoisotopic (exact) mass is 401 g/mol. The topological polar surface area (TPSA) is 137 Å². The molecule has 1 fully saturated rings. The summed E-state index contributed by atoms with van der Waals surface area (Å²) < 4.78 is 21.8. The molecule has 1 amide bonds. The summed E-state index contributed by atoms with van der Waals surface area (Å²) in [4.78, 5) is 12.5. The van der Waals surface area contributed by atoms with Crippen molar-refractivity contribution in [2.45, 2.75) is 43.0 Å². The Bertz CT molecular complexity index is 965. The zero-order valence-corrected chi connectivity index (χ0v) is 16.2. The van der Waals surface area contributed by atoms with Crippen LogP contribution in [-0.2, 0) is 6.42 Å². The van der Waals surface area contributed by atoms with Crippen LogP contribution in [0.5, 0.6) is 0 Å². The van der Waals surface area contributed by atoms with E-state index in [1.54, 1.807) is 23.0 Å². The molecule has 2 aliphatic rings. The second-order valence-corrected chi connectivity index (χ2v) is 9.57. The van der Waals surface area contributed by atoms with Crippen LogP contribution in [0.4, 0.5) is 11.5 Å². The average Bonchev–Trinajstić information content (AvgIpc) is 3.23. The van der Waals surface area contributed by atoms with Crippen molar-refractivity contribution < 1.29 is 13.9 Å². The number of hydrogen-bond acceptors (Lipinski definition) is 6. The number of aryl methyl sites for hydroxylation is 1. The van der Waals surface area contributed by atoms with E-state index in [4.69, 9.17) is 5.73 Å². The van der Waals surface area contributed by atoms with Crippen molar-refractivity contribution in [2.24, 2.45) is 11.7 Å². The standard InChI is InChI=1S/C19H23N5O3S/c20-10-13-3-1-2-4-16(13)24-11-15(18(21)25)19(23-24)22-14-5-6-17-12(9-14)7-8-28(17,26)27/h5-6,9,11,13,16,26-27H,1-4,7-8H2,(H2,21,25)(H,22,23). The second-order valence-electron chi connectivity index (χ2n) is 7.39. The Labute approximate surface area is 164 Å². The van der Waals surface area contributed by atoms with E-state index in [0.29, 0.717) is 28.6 Å². The third-order valence-corrected chi connectivity index (χ3v) is 7.44. The number of anilines is 2.